The van der Waals surface area contributed by atoms with Gasteiger partial charge in [-0.1, -0.05) is 30.4 Å². The van der Waals surface area contributed by atoms with Crippen LogP contribution in [0, 0.1) is 0 Å². The molecule has 0 spiro atoms. The molecule has 2 aromatic carbocycles. The minimum absolute atomic E-state index is 0.00461. The molecule has 2 aromatic rings. The van der Waals surface area contributed by atoms with E-state index in [1.54, 1.807) is 48.6 Å². The Bertz CT molecular complexity index is 821. The predicted molar refractivity (Wildman–Crippen MR) is 101 cm³/mol. The molecule has 2 rings (SSSR count). The summed E-state index contributed by atoms with van der Waals surface area (Å²) in [4.78, 5) is 11.9. The molecule has 0 saturated carbocycles. The third-order valence-corrected chi connectivity index (χ3v) is 3.79. The van der Waals surface area contributed by atoms with Gasteiger partial charge in [-0.05, 0) is 47.9 Å². The number of phenols is 2. The van der Waals surface area contributed by atoms with Gasteiger partial charge in [0.05, 0.1) is 14.2 Å². The topological polar surface area (TPSA) is 76.0 Å². The van der Waals surface area contributed by atoms with Crippen LogP contribution in [-0.2, 0) is 11.2 Å². The van der Waals surface area contributed by atoms with Gasteiger partial charge in [-0.15, -0.1) is 0 Å². The summed E-state index contributed by atoms with van der Waals surface area (Å²) < 4.78 is 10.1. The molecule has 0 heterocycles. The largest absolute Gasteiger partial charge is 0.504 e. The summed E-state index contributed by atoms with van der Waals surface area (Å²) in [6, 6.07) is 10.1. The number of carbonyl (C=O) groups is 1. The molecule has 5 heteroatoms. The zero-order valence-corrected chi connectivity index (χ0v) is 14.8. The molecule has 0 amide bonds. The Morgan fingerprint density at radius 1 is 0.962 bits per heavy atom. The molecule has 0 fully saturated rings. The van der Waals surface area contributed by atoms with Crippen LogP contribution in [0.25, 0.3) is 6.08 Å². The highest BCUT2D eigenvalue weighted by Crippen LogP contribution is 2.27. The van der Waals surface area contributed by atoms with E-state index in [4.69, 9.17) is 9.47 Å². The van der Waals surface area contributed by atoms with E-state index in [-0.39, 0.29) is 17.3 Å². The van der Waals surface area contributed by atoms with Crippen molar-refractivity contribution in [2.75, 3.05) is 14.2 Å². The first kappa shape index (κ1) is 19.1. The van der Waals surface area contributed by atoms with Crippen molar-refractivity contribution in [1.29, 1.82) is 0 Å². The summed E-state index contributed by atoms with van der Waals surface area (Å²) in [5.74, 6) is 0.971. The Balaban J connectivity index is 1.87. The quantitative estimate of drug-likeness (QED) is 0.556. The fourth-order valence-electron chi connectivity index (χ4n) is 2.36. The molecule has 136 valence electrons. The Morgan fingerprint density at radius 3 is 2.31 bits per heavy atom. The Hall–Kier alpha value is -3.21. The van der Waals surface area contributed by atoms with Crippen LogP contribution < -0.4 is 9.47 Å². The van der Waals surface area contributed by atoms with Crippen LogP contribution in [0.4, 0.5) is 0 Å². The molecule has 2 N–H and O–H groups in total. The average molecular weight is 354 g/mol. The number of ketones is 1. The molecule has 26 heavy (non-hydrogen) atoms. The van der Waals surface area contributed by atoms with Gasteiger partial charge in [-0.3, -0.25) is 4.79 Å². The van der Waals surface area contributed by atoms with Gasteiger partial charge in [0.2, 0.25) is 0 Å². The maximum Gasteiger partial charge on any atom is 0.161 e. The van der Waals surface area contributed by atoms with Gasteiger partial charge in [-0.2, -0.15) is 0 Å². The van der Waals surface area contributed by atoms with E-state index in [2.05, 4.69) is 0 Å². The molecule has 0 aliphatic carbocycles. The van der Waals surface area contributed by atoms with Crippen molar-refractivity contribution in [3.63, 3.8) is 0 Å². The molecule has 0 radical (unpaired) electrons. The normalized spacial score (nSPS) is 11.2. The molecule has 0 bridgehead atoms. The van der Waals surface area contributed by atoms with Crippen molar-refractivity contribution in [2.24, 2.45) is 0 Å². The second-order valence-corrected chi connectivity index (χ2v) is 5.62. The number of phenolic OH excluding ortho intramolecular Hbond substituents is 2. The molecule has 0 aliphatic rings. The smallest absolute Gasteiger partial charge is 0.161 e. The van der Waals surface area contributed by atoms with Crippen LogP contribution >= 0.6 is 0 Å². The number of benzene rings is 2. The summed E-state index contributed by atoms with van der Waals surface area (Å²) in [6.07, 6.45) is 7.71. The zero-order valence-electron chi connectivity index (χ0n) is 14.8. The average Bonchev–Trinajstić information content (AvgIpc) is 2.65. The van der Waals surface area contributed by atoms with Gasteiger partial charge in [0.15, 0.2) is 28.8 Å². The monoisotopic (exact) mass is 354 g/mol. The van der Waals surface area contributed by atoms with Gasteiger partial charge in [0, 0.05) is 6.42 Å². The summed E-state index contributed by atoms with van der Waals surface area (Å²) in [5, 5.41) is 19.1. The summed E-state index contributed by atoms with van der Waals surface area (Å²) in [7, 11) is 2.98. The van der Waals surface area contributed by atoms with Crippen LogP contribution in [0.15, 0.2) is 54.6 Å². The van der Waals surface area contributed by atoms with E-state index in [0.717, 1.165) is 11.1 Å². The predicted octanol–water partition coefficient (Wildman–Crippen LogP) is 3.89. The SMILES string of the molecule is COc1cc(/C=C/C=C/C(=O)CCc2ccc(O)c(OC)c2)ccc1O. The number of rotatable bonds is 8. The fourth-order valence-corrected chi connectivity index (χ4v) is 2.36. The molecule has 0 saturated heterocycles. The number of allylic oxidation sites excluding steroid dienone is 3. The Morgan fingerprint density at radius 2 is 1.62 bits per heavy atom. The third-order valence-electron chi connectivity index (χ3n) is 3.79. The molecule has 5 nitrogen and oxygen atoms in total. The second-order valence-electron chi connectivity index (χ2n) is 5.62. The standard InChI is InChI=1S/C21H22O5/c1-25-20-13-15(8-11-18(20)23)5-3-4-6-17(22)10-7-16-9-12-19(24)21(14-16)26-2/h3-6,8-9,11-14,23-24H,7,10H2,1-2H3/b5-3+,6-4+. The number of ether oxygens (including phenoxy) is 2. The number of aryl methyl sites for hydroxylation is 1. The van der Waals surface area contributed by atoms with E-state index < -0.39 is 0 Å². The summed E-state index contributed by atoms with van der Waals surface area (Å²) in [5.41, 5.74) is 1.78. The van der Waals surface area contributed by atoms with Crippen LogP contribution in [0.5, 0.6) is 23.0 Å². The van der Waals surface area contributed by atoms with Crippen molar-refractivity contribution >= 4 is 11.9 Å². The summed E-state index contributed by atoms with van der Waals surface area (Å²) >= 11 is 0. The van der Waals surface area contributed by atoms with E-state index in [1.165, 1.54) is 20.3 Å². The lowest BCUT2D eigenvalue weighted by molar-refractivity contribution is -0.114. The fraction of sp³-hybridized carbons (Fsp3) is 0.190. The van der Waals surface area contributed by atoms with Crippen molar-refractivity contribution in [3.05, 3.63) is 65.8 Å². The lowest BCUT2D eigenvalue weighted by Crippen LogP contribution is -1.96. The van der Waals surface area contributed by atoms with Crippen LogP contribution in [-0.4, -0.2) is 30.2 Å². The maximum absolute atomic E-state index is 11.9. The molecule has 0 aliphatic heterocycles. The number of aromatic hydroxyl groups is 2. The van der Waals surface area contributed by atoms with Crippen LogP contribution in [0.2, 0.25) is 0 Å². The first-order chi connectivity index (χ1) is 12.5. The van der Waals surface area contributed by atoms with E-state index in [9.17, 15) is 15.0 Å². The van der Waals surface area contributed by atoms with Crippen LogP contribution in [0.3, 0.4) is 0 Å². The number of carbonyl (C=O) groups excluding carboxylic acids is 1. The number of hydrogen-bond acceptors (Lipinski definition) is 5. The summed E-state index contributed by atoms with van der Waals surface area (Å²) in [6.45, 7) is 0. The van der Waals surface area contributed by atoms with Gasteiger partial charge in [-0.25, -0.2) is 0 Å². The first-order valence-electron chi connectivity index (χ1n) is 8.14. The van der Waals surface area contributed by atoms with Crippen molar-refractivity contribution in [2.45, 2.75) is 12.8 Å². The van der Waals surface area contributed by atoms with Gasteiger partial charge in [0.25, 0.3) is 0 Å². The molecule has 0 aromatic heterocycles. The number of methoxy groups -OCH3 is 2. The lowest BCUT2D eigenvalue weighted by atomic mass is 10.1. The molecule has 0 unspecified atom stereocenters. The van der Waals surface area contributed by atoms with Crippen LogP contribution in [0.1, 0.15) is 17.5 Å². The highest BCUT2D eigenvalue weighted by atomic mass is 16.5. The minimum atomic E-state index is 0.00461. The first-order valence-corrected chi connectivity index (χ1v) is 8.14. The zero-order chi connectivity index (χ0) is 18.9. The Kier molecular flexibility index (Phi) is 6.85. The third kappa shape index (κ3) is 5.41. The molecule has 0 atom stereocenters. The number of hydrogen-bond donors (Lipinski definition) is 2. The van der Waals surface area contributed by atoms with Crippen molar-refractivity contribution in [1.82, 2.24) is 0 Å². The van der Waals surface area contributed by atoms with E-state index in [1.807, 2.05) is 6.08 Å². The maximum atomic E-state index is 11.9. The van der Waals surface area contributed by atoms with E-state index in [0.29, 0.717) is 24.3 Å². The van der Waals surface area contributed by atoms with Crippen molar-refractivity contribution in [3.8, 4) is 23.0 Å². The second kappa shape index (κ2) is 9.32. The Labute approximate surface area is 152 Å². The lowest BCUT2D eigenvalue weighted by Gasteiger charge is -2.05. The van der Waals surface area contributed by atoms with Gasteiger partial charge < -0.3 is 19.7 Å². The van der Waals surface area contributed by atoms with Gasteiger partial charge in [0.1, 0.15) is 0 Å². The molecular weight excluding hydrogens is 332 g/mol. The highest BCUT2D eigenvalue weighted by Gasteiger charge is 2.04. The minimum Gasteiger partial charge on any atom is -0.504 e. The van der Waals surface area contributed by atoms with Crippen molar-refractivity contribution < 1.29 is 24.5 Å². The molecular formula is C21H22O5. The van der Waals surface area contributed by atoms with E-state index >= 15 is 0 Å². The van der Waals surface area contributed by atoms with Gasteiger partial charge >= 0.3 is 0 Å². The highest BCUT2D eigenvalue weighted by molar-refractivity contribution is 5.90.